The molecule has 4 nitrogen and oxygen atoms in total. The molecule has 0 aromatic rings. The van der Waals surface area contributed by atoms with Crippen LogP contribution in [0.4, 0.5) is 0 Å². The van der Waals surface area contributed by atoms with Crippen LogP contribution in [0.5, 0.6) is 0 Å². The number of likely N-dealkylation sites (N-methyl/N-ethyl adjacent to an activating group) is 1. The molecule has 0 spiro atoms. The van der Waals surface area contributed by atoms with Gasteiger partial charge in [0.05, 0.1) is 0 Å². The van der Waals surface area contributed by atoms with Gasteiger partial charge >= 0.3 is 0 Å². The standard InChI is InChI=1S/C15H32N4/c1-15(2,19-11-9-18(3)10-12-19)13-17-14-5-4-7-16-8-6-14/h14,16-17H,4-13H2,1-3H3. The van der Waals surface area contributed by atoms with Crippen LogP contribution in [-0.2, 0) is 0 Å². The third-order valence-corrected chi connectivity index (χ3v) is 4.76. The molecule has 1 unspecified atom stereocenters. The largest absolute Gasteiger partial charge is 0.317 e. The number of piperazine rings is 1. The Morgan fingerprint density at radius 1 is 1.11 bits per heavy atom. The van der Waals surface area contributed by atoms with Crippen LogP contribution in [-0.4, -0.2) is 74.2 Å². The fourth-order valence-corrected chi connectivity index (χ4v) is 3.14. The average Bonchev–Trinajstić information content (AvgIpc) is 2.65. The highest BCUT2D eigenvalue weighted by Crippen LogP contribution is 2.16. The van der Waals surface area contributed by atoms with Gasteiger partial charge in [0.25, 0.3) is 0 Å². The third kappa shape index (κ3) is 4.71. The lowest BCUT2D eigenvalue weighted by molar-refractivity contribution is 0.0598. The molecule has 0 amide bonds. The minimum Gasteiger partial charge on any atom is -0.317 e. The van der Waals surface area contributed by atoms with Gasteiger partial charge in [0, 0.05) is 44.3 Å². The van der Waals surface area contributed by atoms with Crippen LogP contribution in [0.2, 0.25) is 0 Å². The van der Waals surface area contributed by atoms with E-state index < -0.39 is 0 Å². The number of rotatable bonds is 4. The van der Waals surface area contributed by atoms with Crippen LogP contribution < -0.4 is 10.6 Å². The fourth-order valence-electron chi connectivity index (χ4n) is 3.14. The SMILES string of the molecule is CN1CCN(C(C)(C)CNC2CCCNCC2)CC1. The van der Waals surface area contributed by atoms with E-state index in [1.807, 2.05) is 0 Å². The molecule has 2 aliphatic rings. The molecule has 19 heavy (non-hydrogen) atoms. The molecule has 2 aliphatic heterocycles. The Morgan fingerprint density at radius 2 is 1.84 bits per heavy atom. The van der Waals surface area contributed by atoms with Crippen molar-refractivity contribution in [2.24, 2.45) is 0 Å². The van der Waals surface area contributed by atoms with E-state index in [9.17, 15) is 0 Å². The van der Waals surface area contributed by atoms with Crippen molar-refractivity contribution < 1.29 is 0 Å². The maximum atomic E-state index is 3.82. The summed E-state index contributed by atoms with van der Waals surface area (Å²) in [4.78, 5) is 5.08. The van der Waals surface area contributed by atoms with E-state index in [2.05, 4.69) is 41.3 Å². The van der Waals surface area contributed by atoms with E-state index in [0.717, 1.165) is 6.54 Å². The van der Waals surface area contributed by atoms with Gasteiger partial charge in [0.1, 0.15) is 0 Å². The minimum atomic E-state index is 0.279. The molecule has 2 saturated heterocycles. The molecule has 2 heterocycles. The third-order valence-electron chi connectivity index (χ3n) is 4.76. The summed E-state index contributed by atoms with van der Waals surface area (Å²) in [5.41, 5.74) is 0.279. The summed E-state index contributed by atoms with van der Waals surface area (Å²) >= 11 is 0. The Balaban J connectivity index is 1.76. The summed E-state index contributed by atoms with van der Waals surface area (Å²) in [6.07, 6.45) is 3.91. The van der Waals surface area contributed by atoms with Crippen LogP contribution in [0.15, 0.2) is 0 Å². The van der Waals surface area contributed by atoms with Crippen molar-refractivity contribution >= 4 is 0 Å². The number of nitrogens with one attached hydrogen (secondary N) is 2. The van der Waals surface area contributed by atoms with Crippen molar-refractivity contribution in [2.45, 2.75) is 44.7 Å². The van der Waals surface area contributed by atoms with Crippen LogP contribution >= 0.6 is 0 Å². The normalized spacial score (nSPS) is 28.3. The lowest BCUT2D eigenvalue weighted by atomic mass is 10.00. The first-order valence-electron chi connectivity index (χ1n) is 7.96. The molecule has 1 atom stereocenters. The van der Waals surface area contributed by atoms with Gasteiger partial charge in [-0.3, -0.25) is 4.90 Å². The zero-order valence-electron chi connectivity index (χ0n) is 13.0. The van der Waals surface area contributed by atoms with Gasteiger partial charge in [-0.25, -0.2) is 0 Å². The second-order valence-electron chi connectivity index (χ2n) is 6.86. The first kappa shape index (κ1) is 15.2. The lowest BCUT2D eigenvalue weighted by Gasteiger charge is -2.44. The van der Waals surface area contributed by atoms with Crippen molar-refractivity contribution in [3.63, 3.8) is 0 Å². The Bertz CT molecular complexity index is 251. The van der Waals surface area contributed by atoms with E-state index in [1.54, 1.807) is 0 Å². The molecule has 0 bridgehead atoms. The summed E-state index contributed by atoms with van der Waals surface area (Å²) in [6.45, 7) is 13.1. The van der Waals surface area contributed by atoms with Crippen molar-refractivity contribution in [3.05, 3.63) is 0 Å². The molecule has 0 aromatic carbocycles. The van der Waals surface area contributed by atoms with Crippen LogP contribution in [0.3, 0.4) is 0 Å². The average molecular weight is 268 g/mol. The molecule has 2 fully saturated rings. The summed E-state index contributed by atoms with van der Waals surface area (Å²) in [7, 11) is 2.22. The number of hydrogen-bond acceptors (Lipinski definition) is 4. The molecule has 112 valence electrons. The maximum absolute atomic E-state index is 3.82. The maximum Gasteiger partial charge on any atom is 0.0278 e. The molecular weight excluding hydrogens is 236 g/mol. The Kier molecular flexibility index (Phi) is 5.63. The van der Waals surface area contributed by atoms with E-state index in [-0.39, 0.29) is 5.54 Å². The van der Waals surface area contributed by atoms with Gasteiger partial charge in [-0.15, -0.1) is 0 Å². The van der Waals surface area contributed by atoms with Crippen molar-refractivity contribution in [1.29, 1.82) is 0 Å². The van der Waals surface area contributed by atoms with Gasteiger partial charge in [0.15, 0.2) is 0 Å². The molecule has 0 saturated carbocycles. The van der Waals surface area contributed by atoms with Crippen LogP contribution in [0, 0.1) is 0 Å². The first-order valence-corrected chi connectivity index (χ1v) is 7.96. The summed E-state index contributed by atoms with van der Waals surface area (Å²) in [5.74, 6) is 0. The Morgan fingerprint density at radius 3 is 2.58 bits per heavy atom. The Hall–Kier alpha value is -0.160. The van der Waals surface area contributed by atoms with Crippen LogP contribution in [0.25, 0.3) is 0 Å². The second-order valence-corrected chi connectivity index (χ2v) is 6.86. The smallest absolute Gasteiger partial charge is 0.0278 e. The second kappa shape index (κ2) is 7.02. The van der Waals surface area contributed by atoms with E-state index in [4.69, 9.17) is 0 Å². The van der Waals surface area contributed by atoms with Gasteiger partial charge in [-0.05, 0) is 53.2 Å². The molecule has 2 N–H and O–H groups in total. The van der Waals surface area contributed by atoms with Gasteiger partial charge in [-0.2, -0.15) is 0 Å². The highest BCUT2D eigenvalue weighted by molar-refractivity contribution is 4.88. The highest BCUT2D eigenvalue weighted by Gasteiger charge is 2.29. The molecule has 4 heteroatoms. The molecule has 2 rings (SSSR count). The minimum absolute atomic E-state index is 0.279. The first-order chi connectivity index (χ1) is 9.08. The van der Waals surface area contributed by atoms with Crippen LogP contribution in [0.1, 0.15) is 33.1 Å². The van der Waals surface area contributed by atoms with Gasteiger partial charge < -0.3 is 15.5 Å². The van der Waals surface area contributed by atoms with E-state index >= 15 is 0 Å². The summed E-state index contributed by atoms with van der Waals surface area (Å²) < 4.78 is 0. The molecular formula is C15H32N4. The Labute approximate surface area is 118 Å². The topological polar surface area (TPSA) is 30.5 Å². The fraction of sp³-hybridized carbons (Fsp3) is 1.00. The monoisotopic (exact) mass is 268 g/mol. The molecule has 0 aromatic heterocycles. The van der Waals surface area contributed by atoms with E-state index in [0.29, 0.717) is 6.04 Å². The van der Waals surface area contributed by atoms with E-state index in [1.165, 1.54) is 58.5 Å². The lowest BCUT2D eigenvalue weighted by Crippen LogP contribution is -2.58. The number of hydrogen-bond donors (Lipinski definition) is 2. The number of nitrogens with zero attached hydrogens (tertiary/aromatic N) is 2. The zero-order valence-corrected chi connectivity index (χ0v) is 13.0. The molecule has 0 radical (unpaired) electrons. The zero-order chi connectivity index (χ0) is 13.7. The predicted octanol–water partition coefficient (Wildman–Crippen LogP) is 0.744. The molecule has 0 aliphatic carbocycles. The predicted molar refractivity (Wildman–Crippen MR) is 81.7 cm³/mol. The van der Waals surface area contributed by atoms with Crippen molar-refractivity contribution in [1.82, 2.24) is 20.4 Å². The van der Waals surface area contributed by atoms with Gasteiger partial charge in [-0.1, -0.05) is 0 Å². The van der Waals surface area contributed by atoms with Crippen molar-refractivity contribution in [3.8, 4) is 0 Å². The highest BCUT2D eigenvalue weighted by atomic mass is 15.3. The summed E-state index contributed by atoms with van der Waals surface area (Å²) in [5, 5.41) is 7.30. The quantitative estimate of drug-likeness (QED) is 0.787. The van der Waals surface area contributed by atoms with Crippen molar-refractivity contribution in [2.75, 3.05) is 52.9 Å². The van der Waals surface area contributed by atoms with Gasteiger partial charge in [0.2, 0.25) is 0 Å². The summed E-state index contributed by atoms with van der Waals surface area (Å²) in [6, 6.07) is 0.710.